The number of carbonyl (C=O) groups excluding carboxylic acids is 4. The van der Waals surface area contributed by atoms with E-state index in [1.165, 1.54) is 14.1 Å². The van der Waals surface area contributed by atoms with Crippen molar-refractivity contribution in [1.82, 2.24) is 20.4 Å². The number of thiol groups is 2. The van der Waals surface area contributed by atoms with Crippen molar-refractivity contribution in [3.63, 3.8) is 0 Å². The van der Waals surface area contributed by atoms with Crippen LogP contribution in [-0.2, 0) is 36.8 Å². The lowest BCUT2D eigenvalue weighted by molar-refractivity contribution is -0.152. The summed E-state index contributed by atoms with van der Waals surface area (Å²) < 4.78 is 0. The average Bonchev–Trinajstić information content (AvgIpc) is 2.98. The number of phenols is 1. The summed E-state index contributed by atoms with van der Waals surface area (Å²) in [6.07, 6.45) is 0.279. The number of aryl methyl sites for hydroxylation is 2. The molecule has 14 heteroatoms. The van der Waals surface area contributed by atoms with E-state index in [1.807, 2.05) is 0 Å². The Balaban J connectivity index is 2.09. The molecule has 0 radical (unpaired) electrons. The maximum Gasteiger partial charge on any atom is 0.327 e. The molecule has 4 amide bonds. The molecule has 0 saturated carbocycles. The van der Waals surface area contributed by atoms with Gasteiger partial charge >= 0.3 is 5.97 Å². The molecule has 240 valence electrons. The molecule has 0 bridgehead atoms. The molecule has 2 aromatic carbocycles. The summed E-state index contributed by atoms with van der Waals surface area (Å²) in [5.41, 5.74) is 9.22. The zero-order valence-corrected chi connectivity index (χ0v) is 27.0. The molecular weight excluding hydrogens is 606 g/mol. The van der Waals surface area contributed by atoms with E-state index in [4.69, 9.17) is 5.73 Å². The Kier molecular flexibility index (Phi) is 14.0. The summed E-state index contributed by atoms with van der Waals surface area (Å²) in [4.78, 5) is 66.2. The molecule has 0 aromatic heterocycles. The smallest absolute Gasteiger partial charge is 0.327 e. The normalized spacial score (nSPS) is 13.6. The van der Waals surface area contributed by atoms with Crippen LogP contribution >= 0.6 is 25.3 Å². The molecule has 0 fully saturated rings. The molecule has 4 atom stereocenters. The van der Waals surface area contributed by atoms with Crippen LogP contribution in [0.3, 0.4) is 0 Å². The SMILES string of the molecule is Cc1cc(O)cc(C)c1C[C@H](N)C(=O)N[C@H](CS)C(=O)NCC(=O)N(C)[C@@H](Cc1ccccc1)C(=O)N(C)[C@H](CS)C(=O)O. The third-order valence-electron chi connectivity index (χ3n) is 7.36. The first-order valence-electron chi connectivity index (χ1n) is 13.8. The largest absolute Gasteiger partial charge is 0.508 e. The van der Waals surface area contributed by atoms with Gasteiger partial charge in [-0.1, -0.05) is 30.3 Å². The molecular formula is C30H41N5O7S2. The molecule has 0 saturated heterocycles. The number of aromatic hydroxyl groups is 1. The number of hydrogen-bond acceptors (Lipinski definition) is 9. The molecule has 2 rings (SSSR count). The average molecular weight is 648 g/mol. The second-order valence-electron chi connectivity index (χ2n) is 10.5. The highest BCUT2D eigenvalue weighted by molar-refractivity contribution is 7.80. The molecule has 6 N–H and O–H groups in total. The van der Waals surface area contributed by atoms with E-state index in [1.54, 1.807) is 56.3 Å². The molecule has 44 heavy (non-hydrogen) atoms. The lowest BCUT2D eigenvalue weighted by Gasteiger charge is -2.33. The third-order valence-corrected chi connectivity index (χ3v) is 8.07. The van der Waals surface area contributed by atoms with Gasteiger partial charge in [0, 0.05) is 32.0 Å². The highest BCUT2D eigenvalue weighted by Gasteiger charge is 2.34. The molecule has 0 spiro atoms. The highest BCUT2D eigenvalue weighted by Crippen LogP contribution is 2.22. The van der Waals surface area contributed by atoms with Crippen LogP contribution in [0.15, 0.2) is 42.5 Å². The second kappa shape index (κ2) is 16.9. The van der Waals surface area contributed by atoms with E-state index >= 15 is 0 Å². The van der Waals surface area contributed by atoms with Crippen LogP contribution in [0.1, 0.15) is 22.3 Å². The first-order valence-corrected chi connectivity index (χ1v) is 15.1. The first kappa shape index (κ1) is 36.4. The minimum Gasteiger partial charge on any atom is -0.508 e. The van der Waals surface area contributed by atoms with E-state index in [9.17, 15) is 34.2 Å². The van der Waals surface area contributed by atoms with Crippen LogP contribution in [0.2, 0.25) is 0 Å². The summed E-state index contributed by atoms with van der Waals surface area (Å²) in [5.74, 6) is -3.82. The van der Waals surface area contributed by atoms with Crippen LogP contribution in [-0.4, -0.2) is 106 Å². The number of aliphatic carboxylic acids is 1. The Bertz CT molecular complexity index is 1320. The van der Waals surface area contributed by atoms with Crippen LogP contribution in [0, 0.1) is 13.8 Å². The summed E-state index contributed by atoms with van der Waals surface area (Å²) >= 11 is 8.22. The number of carboxylic acid groups (broad SMARTS) is 1. The van der Waals surface area contributed by atoms with Gasteiger partial charge in [-0.25, -0.2) is 4.79 Å². The fourth-order valence-corrected chi connectivity index (χ4v) is 5.30. The molecule has 0 unspecified atom stereocenters. The van der Waals surface area contributed by atoms with E-state index in [2.05, 4.69) is 35.9 Å². The maximum absolute atomic E-state index is 13.4. The molecule has 0 aliphatic heterocycles. The number of carboxylic acids is 1. The molecule has 2 aromatic rings. The Hall–Kier alpha value is -3.75. The lowest BCUT2D eigenvalue weighted by atomic mass is 9.96. The van der Waals surface area contributed by atoms with Gasteiger partial charge < -0.3 is 36.4 Å². The number of phenolic OH excluding ortho intramolecular Hbond substituents is 1. The van der Waals surface area contributed by atoms with Gasteiger partial charge in [-0.2, -0.15) is 25.3 Å². The standard InChI is InChI=1S/C30H41N5O7S2/c1-17-10-20(36)11-18(2)21(17)13-22(31)27(38)33-23(15-43)28(39)32-14-26(37)34(3)24(12-19-8-6-5-7-9-19)29(40)35(4)25(16-44)30(41)42/h5-11,22-25,36,43-44H,12-16,31H2,1-4H3,(H,32,39)(H,33,38)(H,41,42)/t22-,23+,24-,25+/m0/s1. The minimum absolute atomic E-state index is 0.0776. The highest BCUT2D eigenvalue weighted by atomic mass is 32.1. The predicted octanol–water partition coefficient (Wildman–Crippen LogP) is 0.321. The number of likely N-dealkylation sites (N-methyl/N-ethyl adjacent to an activating group) is 2. The first-order chi connectivity index (χ1) is 20.7. The van der Waals surface area contributed by atoms with E-state index in [-0.39, 0.29) is 30.1 Å². The third kappa shape index (κ3) is 9.89. The fraction of sp³-hybridized carbons (Fsp3) is 0.433. The topological polar surface area (TPSA) is 182 Å². The van der Waals surface area contributed by atoms with Crippen molar-refractivity contribution in [2.24, 2.45) is 5.73 Å². The van der Waals surface area contributed by atoms with Gasteiger partial charge in [0.25, 0.3) is 0 Å². The van der Waals surface area contributed by atoms with Crippen LogP contribution in [0.4, 0.5) is 0 Å². The van der Waals surface area contributed by atoms with Gasteiger partial charge in [0.05, 0.1) is 12.6 Å². The number of amides is 4. The second-order valence-corrected chi connectivity index (χ2v) is 11.3. The van der Waals surface area contributed by atoms with Crippen LogP contribution in [0.25, 0.3) is 0 Å². The van der Waals surface area contributed by atoms with Crippen molar-refractivity contribution in [2.75, 3.05) is 32.1 Å². The van der Waals surface area contributed by atoms with Gasteiger partial charge in [0.2, 0.25) is 23.6 Å². The molecule has 0 heterocycles. The number of nitrogens with one attached hydrogen (secondary N) is 2. The van der Waals surface area contributed by atoms with Gasteiger partial charge in [-0.05, 0) is 54.7 Å². The summed E-state index contributed by atoms with van der Waals surface area (Å²) in [7, 11) is 2.74. The molecule has 0 aliphatic carbocycles. The zero-order valence-electron chi connectivity index (χ0n) is 25.2. The van der Waals surface area contributed by atoms with Gasteiger partial charge in [-0.15, -0.1) is 0 Å². The lowest BCUT2D eigenvalue weighted by Crippen LogP contribution is -2.56. The van der Waals surface area contributed by atoms with Gasteiger partial charge in [0.15, 0.2) is 0 Å². The van der Waals surface area contributed by atoms with Crippen molar-refractivity contribution >= 4 is 54.9 Å². The van der Waals surface area contributed by atoms with Gasteiger partial charge in [0.1, 0.15) is 23.9 Å². The van der Waals surface area contributed by atoms with Crippen LogP contribution in [0.5, 0.6) is 5.75 Å². The Labute approximate surface area is 268 Å². The van der Waals surface area contributed by atoms with Crippen molar-refractivity contribution in [2.45, 2.75) is 50.9 Å². The summed E-state index contributed by atoms with van der Waals surface area (Å²) in [6.45, 7) is 3.10. The monoisotopic (exact) mass is 647 g/mol. The Morgan fingerprint density at radius 2 is 1.48 bits per heavy atom. The fourth-order valence-electron chi connectivity index (χ4n) is 4.64. The van der Waals surface area contributed by atoms with Crippen LogP contribution < -0.4 is 16.4 Å². The van der Waals surface area contributed by atoms with Crippen molar-refractivity contribution < 1.29 is 34.2 Å². The Morgan fingerprint density at radius 1 is 0.886 bits per heavy atom. The van der Waals surface area contributed by atoms with E-state index < -0.39 is 60.3 Å². The number of nitrogens with two attached hydrogens (primary N) is 1. The van der Waals surface area contributed by atoms with Crippen molar-refractivity contribution in [3.8, 4) is 5.75 Å². The number of nitrogens with zero attached hydrogens (tertiary/aromatic N) is 2. The number of hydrogen-bond donors (Lipinski definition) is 7. The van der Waals surface area contributed by atoms with E-state index in [0.29, 0.717) is 0 Å². The van der Waals surface area contributed by atoms with Gasteiger partial charge in [-0.3, -0.25) is 19.2 Å². The van der Waals surface area contributed by atoms with E-state index in [0.717, 1.165) is 32.1 Å². The Morgan fingerprint density at radius 3 is 2.00 bits per heavy atom. The quantitative estimate of drug-likeness (QED) is 0.135. The predicted molar refractivity (Wildman–Crippen MR) is 173 cm³/mol. The number of benzene rings is 2. The minimum atomic E-state index is -1.23. The summed E-state index contributed by atoms with van der Waals surface area (Å²) in [6, 6.07) is 7.70. The van der Waals surface area contributed by atoms with Crippen molar-refractivity contribution in [1.29, 1.82) is 0 Å². The maximum atomic E-state index is 13.4. The number of rotatable bonds is 15. The number of carbonyl (C=O) groups is 5. The zero-order chi connectivity index (χ0) is 33.1. The van der Waals surface area contributed by atoms with Crippen molar-refractivity contribution in [3.05, 3.63) is 64.7 Å². The molecule has 0 aliphatic rings. The summed E-state index contributed by atoms with van der Waals surface area (Å²) in [5, 5.41) is 24.3. The molecule has 12 nitrogen and oxygen atoms in total.